The van der Waals surface area contributed by atoms with Crippen molar-refractivity contribution in [1.29, 1.82) is 0 Å². The largest absolute Gasteiger partial charge is 0.308 e. The average molecular weight is 270 g/mol. The number of halogens is 1. The summed E-state index contributed by atoms with van der Waals surface area (Å²) >= 11 is 6.21. The van der Waals surface area contributed by atoms with Gasteiger partial charge in [0.2, 0.25) is 0 Å². The first kappa shape index (κ1) is 13.6. The van der Waals surface area contributed by atoms with Crippen molar-refractivity contribution in [3.63, 3.8) is 0 Å². The molecule has 1 unspecified atom stereocenters. The van der Waals surface area contributed by atoms with E-state index in [1.165, 1.54) is 0 Å². The van der Waals surface area contributed by atoms with Crippen LogP contribution >= 0.6 is 11.6 Å². The number of hydrogen-bond acceptors (Lipinski definition) is 3. The summed E-state index contributed by atoms with van der Waals surface area (Å²) < 4.78 is 1.90. The Bertz CT molecular complexity index is 428. The fraction of sp³-hybridized carbons (Fsp3) is 0.692. The molecule has 0 aromatic carbocycles. The maximum atomic E-state index is 12.0. The molecule has 2 rings (SSSR count). The van der Waals surface area contributed by atoms with Gasteiger partial charge in [0, 0.05) is 13.0 Å². The van der Waals surface area contributed by atoms with Gasteiger partial charge in [0.1, 0.15) is 5.78 Å². The van der Waals surface area contributed by atoms with Gasteiger partial charge in [-0.05, 0) is 26.9 Å². The van der Waals surface area contributed by atoms with Gasteiger partial charge in [0.25, 0.3) is 0 Å². The minimum absolute atomic E-state index is 0.0455. The van der Waals surface area contributed by atoms with Crippen molar-refractivity contribution in [2.24, 2.45) is 0 Å². The molecule has 0 aliphatic heterocycles. The lowest BCUT2D eigenvalue weighted by Crippen LogP contribution is -2.24. The van der Waals surface area contributed by atoms with Gasteiger partial charge in [-0.25, -0.2) is 0 Å². The van der Waals surface area contributed by atoms with Crippen LogP contribution in [0.2, 0.25) is 5.02 Å². The van der Waals surface area contributed by atoms with Crippen LogP contribution in [0, 0.1) is 0 Å². The Morgan fingerprint density at radius 1 is 1.50 bits per heavy atom. The highest BCUT2D eigenvalue weighted by Crippen LogP contribution is 2.33. The first-order valence-corrected chi connectivity index (χ1v) is 6.86. The molecule has 0 saturated heterocycles. The number of likely N-dealkylation sites (N-methyl/N-ethyl adjacent to an activating group) is 1. The second-order valence-electron chi connectivity index (χ2n) is 5.17. The van der Waals surface area contributed by atoms with E-state index in [0.29, 0.717) is 17.2 Å². The number of ketones is 1. The smallest absolute Gasteiger partial charge is 0.141 e. The molecule has 1 saturated carbocycles. The third-order valence-electron chi connectivity index (χ3n) is 3.48. The Labute approximate surface area is 113 Å². The minimum atomic E-state index is -0.0455. The lowest BCUT2D eigenvalue weighted by atomic mass is 9.85. The van der Waals surface area contributed by atoms with E-state index in [-0.39, 0.29) is 5.92 Å². The summed E-state index contributed by atoms with van der Waals surface area (Å²) in [5, 5.41) is 4.94. The molecule has 1 heterocycles. The third kappa shape index (κ3) is 2.93. The predicted octanol–water partition coefficient (Wildman–Crippen LogP) is 2.32. The van der Waals surface area contributed by atoms with Crippen molar-refractivity contribution in [2.75, 3.05) is 20.6 Å². The average Bonchev–Trinajstić information content (AvgIpc) is 2.69. The molecule has 5 heteroatoms. The molecule has 1 aromatic heterocycles. The Morgan fingerprint density at radius 2 is 2.28 bits per heavy atom. The number of Topliss-reactive ketones (excluding diaryl/α,β-unsaturated/α-hetero) is 1. The highest BCUT2D eigenvalue weighted by atomic mass is 35.5. The summed E-state index contributed by atoms with van der Waals surface area (Å²) in [4.78, 5) is 14.1. The first-order valence-electron chi connectivity index (χ1n) is 6.48. The summed E-state index contributed by atoms with van der Waals surface area (Å²) in [5.41, 5.74) is 0.920. The topological polar surface area (TPSA) is 38.1 Å². The first-order chi connectivity index (χ1) is 8.59. The van der Waals surface area contributed by atoms with Crippen molar-refractivity contribution in [3.05, 3.63) is 16.9 Å². The summed E-state index contributed by atoms with van der Waals surface area (Å²) in [5.74, 6) is 0.269. The number of hydrogen-bond donors (Lipinski definition) is 0. The zero-order valence-electron chi connectivity index (χ0n) is 11.0. The summed E-state index contributed by atoms with van der Waals surface area (Å²) in [7, 11) is 4.05. The van der Waals surface area contributed by atoms with Gasteiger partial charge in [0.05, 0.1) is 29.4 Å². The molecule has 100 valence electrons. The summed E-state index contributed by atoms with van der Waals surface area (Å²) in [6, 6.07) is 0. The van der Waals surface area contributed by atoms with Crippen LogP contribution in [0.25, 0.3) is 0 Å². The zero-order valence-corrected chi connectivity index (χ0v) is 11.8. The molecule has 1 atom stereocenters. The molecular formula is C13H20ClN3O. The number of nitrogens with zero attached hydrogens (tertiary/aromatic N) is 3. The molecule has 1 fully saturated rings. The van der Waals surface area contributed by atoms with Crippen LogP contribution in [0.15, 0.2) is 6.20 Å². The Morgan fingerprint density at radius 3 is 2.94 bits per heavy atom. The van der Waals surface area contributed by atoms with E-state index in [1.54, 1.807) is 6.20 Å². The lowest BCUT2D eigenvalue weighted by molar-refractivity contribution is -0.122. The van der Waals surface area contributed by atoms with Gasteiger partial charge in [-0.2, -0.15) is 5.10 Å². The molecule has 18 heavy (non-hydrogen) atoms. The molecule has 0 radical (unpaired) electrons. The van der Waals surface area contributed by atoms with Crippen LogP contribution in [0.1, 0.15) is 37.3 Å². The van der Waals surface area contributed by atoms with Gasteiger partial charge in [-0.15, -0.1) is 0 Å². The van der Waals surface area contributed by atoms with E-state index in [2.05, 4.69) is 10.00 Å². The fourth-order valence-corrected chi connectivity index (χ4v) is 2.74. The Balaban J connectivity index is 2.19. The molecule has 0 bridgehead atoms. The van der Waals surface area contributed by atoms with Crippen molar-refractivity contribution in [3.8, 4) is 0 Å². The van der Waals surface area contributed by atoms with Crippen molar-refractivity contribution in [2.45, 2.75) is 38.1 Å². The van der Waals surface area contributed by atoms with E-state index in [0.717, 1.165) is 38.0 Å². The molecule has 0 N–H and O–H groups in total. The standard InChI is InChI=1S/C13H20ClN3O/c1-16(2)7-8-17-13(11(14)9-15-17)10-5-3-4-6-12(10)18/h9-10H,3-8H2,1-2H3. The number of rotatable bonds is 4. The molecule has 4 nitrogen and oxygen atoms in total. The van der Waals surface area contributed by atoms with Crippen LogP contribution < -0.4 is 0 Å². The van der Waals surface area contributed by atoms with Gasteiger partial charge in [-0.1, -0.05) is 18.0 Å². The maximum Gasteiger partial charge on any atom is 0.141 e. The quantitative estimate of drug-likeness (QED) is 0.842. The van der Waals surface area contributed by atoms with Crippen LogP contribution in [0.5, 0.6) is 0 Å². The van der Waals surface area contributed by atoms with E-state index < -0.39 is 0 Å². The molecular weight excluding hydrogens is 250 g/mol. The number of carbonyl (C=O) groups excluding carboxylic acids is 1. The van der Waals surface area contributed by atoms with Gasteiger partial charge in [-0.3, -0.25) is 9.48 Å². The second kappa shape index (κ2) is 5.85. The van der Waals surface area contributed by atoms with E-state index in [4.69, 9.17) is 11.6 Å². The van der Waals surface area contributed by atoms with Crippen LogP contribution in [-0.2, 0) is 11.3 Å². The van der Waals surface area contributed by atoms with E-state index in [9.17, 15) is 4.79 Å². The van der Waals surface area contributed by atoms with Crippen molar-refractivity contribution in [1.82, 2.24) is 14.7 Å². The van der Waals surface area contributed by atoms with Crippen LogP contribution in [0.4, 0.5) is 0 Å². The highest BCUT2D eigenvalue weighted by Gasteiger charge is 2.29. The Kier molecular flexibility index (Phi) is 4.40. The van der Waals surface area contributed by atoms with Crippen molar-refractivity contribution >= 4 is 17.4 Å². The SMILES string of the molecule is CN(C)CCn1ncc(Cl)c1C1CCCCC1=O. The molecule has 0 amide bonds. The van der Waals surface area contributed by atoms with Crippen LogP contribution in [0.3, 0.4) is 0 Å². The van der Waals surface area contributed by atoms with E-state index >= 15 is 0 Å². The summed E-state index contributed by atoms with van der Waals surface area (Å²) in [6.45, 7) is 1.67. The Hall–Kier alpha value is -0.870. The third-order valence-corrected chi connectivity index (χ3v) is 3.77. The maximum absolute atomic E-state index is 12.0. The predicted molar refractivity (Wildman–Crippen MR) is 72.0 cm³/mol. The summed E-state index contributed by atoms with van der Waals surface area (Å²) in [6.07, 6.45) is 5.37. The minimum Gasteiger partial charge on any atom is -0.308 e. The number of carbonyl (C=O) groups is 1. The van der Waals surface area contributed by atoms with Gasteiger partial charge in [0.15, 0.2) is 0 Å². The highest BCUT2D eigenvalue weighted by molar-refractivity contribution is 6.31. The molecule has 1 aromatic rings. The molecule has 1 aliphatic rings. The molecule has 1 aliphatic carbocycles. The van der Waals surface area contributed by atoms with Gasteiger partial charge >= 0.3 is 0 Å². The second-order valence-corrected chi connectivity index (χ2v) is 5.58. The number of aromatic nitrogens is 2. The van der Waals surface area contributed by atoms with E-state index in [1.807, 2.05) is 18.8 Å². The van der Waals surface area contributed by atoms with Crippen LogP contribution in [-0.4, -0.2) is 41.1 Å². The normalized spacial score (nSPS) is 20.7. The van der Waals surface area contributed by atoms with Crippen molar-refractivity contribution < 1.29 is 4.79 Å². The molecule has 0 spiro atoms. The monoisotopic (exact) mass is 269 g/mol. The van der Waals surface area contributed by atoms with Gasteiger partial charge < -0.3 is 4.90 Å². The fourth-order valence-electron chi connectivity index (χ4n) is 2.46. The lowest BCUT2D eigenvalue weighted by Gasteiger charge is -2.22. The zero-order chi connectivity index (χ0) is 13.1.